The Bertz CT molecular complexity index is 932. The molecule has 0 saturated carbocycles. The van der Waals surface area contributed by atoms with E-state index in [1.54, 1.807) is 36.8 Å². The summed E-state index contributed by atoms with van der Waals surface area (Å²) < 4.78 is 8.02. The lowest BCUT2D eigenvalue weighted by atomic mass is 9.89. The topological polar surface area (TPSA) is 54.1 Å². The molecule has 6 heteroatoms. The molecule has 0 spiro atoms. The molecule has 3 aromatic rings. The van der Waals surface area contributed by atoms with Crippen molar-refractivity contribution in [2.75, 3.05) is 0 Å². The molecule has 2 heterocycles. The predicted octanol–water partition coefficient (Wildman–Crippen LogP) is 4.53. The van der Waals surface area contributed by atoms with Crippen molar-refractivity contribution >= 4 is 23.2 Å². The Balaban J connectivity index is 1.86. The molecule has 4 nitrogen and oxygen atoms in total. The van der Waals surface area contributed by atoms with Crippen LogP contribution in [0.15, 0.2) is 61.2 Å². The van der Waals surface area contributed by atoms with Gasteiger partial charge in [-0.05, 0) is 29.8 Å². The van der Waals surface area contributed by atoms with Gasteiger partial charge in [-0.2, -0.15) is 5.26 Å². The van der Waals surface area contributed by atoms with Crippen LogP contribution in [0, 0.1) is 11.3 Å². The van der Waals surface area contributed by atoms with Crippen molar-refractivity contribution in [3.63, 3.8) is 0 Å². The molecule has 0 aliphatic carbocycles. The summed E-state index contributed by atoms with van der Waals surface area (Å²) in [6.07, 6.45) is 5.00. The third-order valence-corrected chi connectivity index (χ3v) is 4.71. The van der Waals surface area contributed by atoms with Crippen molar-refractivity contribution in [2.24, 2.45) is 0 Å². The Morgan fingerprint density at radius 1 is 1.17 bits per heavy atom. The van der Waals surface area contributed by atoms with Crippen LogP contribution in [-0.4, -0.2) is 9.55 Å². The van der Waals surface area contributed by atoms with Crippen LogP contribution >= 0.6 is 23.2 Å². The second-order valence-electron chi connectivity index (χ2n) is 5.53. The lowest BCUT2D eigenvalue weighted by Gasteiger charge is -2.16. The monoisotopic (exact) mass is 355 g/mol. The largest absolute Gasteiger partial charge is 0.333 e. The first-order valence-electron chi connectivity index (χ1n) is 7.26. The summed E-state index contributed by atoms with van der Waals surface area (Å²) in [5, 5.41) is 10.1. The van der Waals surface area contributed by atoms with Gasteiger partial charge in [0, 0.05) is 28.0 Å². The van der Waals surface area contributed by atoms with E-state index < -0.39 is 5.60 Å². The van der Waals surface area contributed by atoms with Crippen LogP contribution in [-0.2, 0) is 10.3 Å². The van der Waals surface area contributed by atoms with Gasteiger partial charge in [0.15, 0.2) is 11.8 Å². The van der Waals surface area contributed by atoms with Gasteiger partial charge in [-0.25, -0.2) is 4.98 Å². The quantitative estimate of drug-likeness (QED) is 0.648. The third-order valence-electron chi connectivity index (χ3n) is 4.16. The minimum absolute atomic E-state index is 0.258. The second-order valence-corrected chi connectivity index (χ2v) is 6.37. The molecule has 1 aliphatic heterocycles. The molecule has 1 aromatic heterocycles. The molecule has 118 valence electrons. The first-order valence-corrected chi connectivity index (χ1v) is 8.02. The van der Waals surface area contributed by atoms with E-state index >= 15 is 0 Å². The number of hydrogen-bond acceptors (Lipinski definition) is 3. The minimum atomic E-state index is -0.726. The highest BCUT2D eigenvalue weighted by molar-refractivity contribution is 6.35. The molecule has 2 aromatic carbocycles. The first kappa shape index (κ1) is 15.2. The SMILES string of the molecule is N#Cc1ccc(C2(c3ccc(Cl)cc3Cl)OC2n2ccnc2)cc1. The number of aromatic nitrogens is 2. The van der Waals surface area contributed by atoms with Crippen molar-refractivity contribution < 1.29 is 4.74 Å². The maximum absolute atomic E-state index is 9.01. The lowest BCUT2D eigenvalue weighted by Crippen LogP contribution is -2.15. The molecule has 0 radical (unpaired) electrons. The molecule has 1 saturated heterocycles. The van der Waals surface area contributed by atoms with E-state index in [0.29, 0.717) is 15.6 Å². The van der Waals surface area contributed by atoms with Crippen LogP contribution in [0.1, 0.15) is 22.9 Å². The van der Waals surface area contributed by atoms with Gasteiger partial charge in [0.25, 0.3) is 0 Å². The molecule has 1 fully saturated rings. The van der Waals surface area contributed by atoms with E-state index in [2.05, 4.69) is 11.1 Å². The number of imidazole rings is 1. The van der Waals surface area contributed by atoms with Crippen molar-refractivity contribution in [3.8, 4) is 6.07 Å². The van der Waals surface area contributed by atoms with Gasteiger partial charge in [0.2, 0.25) is 0 Å². The Hall–Kier alpha value is -2.32. The molecule has 0 N–H and O–H groups in total. The molecule has 24 heavy (non-hydrogen) atoms. The molecule has 0 bridgehead atoms. The normalized spacial score (nSPS) is 22.1. The van der Waals surface area contributed by atoms with E-state index in [1.807, 2.05) is 29.0 Å². The molecule has 0 amide bonds. The predicted molar refractivity (Wildman–Crippen MR) is 90.7 cm³/mol. The van der Waals surface area contributed by atoms with Crippen molar-refractivity contribution in [2.45, 2.75) is 11.8 Å². The maximum atomic E-state index is 9.01. The fourth-order valence-electron chi connectivity index (χ4n) is 2.97. The van der Waals surface area contributed by atoms with E-state index in [9.17, 15) is 0 Å². The highest BCUT2D eigenvalue weighted by Gasteiger charge is 2.61. The Kier molecular flexibility index (Phi) is 3.58. The number of benzene rings is 2. The standard InChI is InChI=1S/C18H11Cl2N3O/c19-14-5-6-15(16(20)9-14)18(13-3-1-12(10-21)2-4-13)17(24-18)23-8-7-22-11-23/h1-9,11,17H. The van der Waals surface area contributed by atoms with E-state index in [0.717, 1.165) is 11.1 Å². The van der Waals surface area contributed by atoms with Gasteiger partial charge in [0.1, 0.15) is 0 Å². The molecular weight excluding hydrogens is 345 g/mol. The minimum Gasteiger partial charge on any atom is -0.333 e. The Labute approximate surface area is 148 Å². The Morgan fingerprint density at radius 2 is 1.96 bits per heavy atom. The van der Waals surface area contributed by atoms with Crippen LogP contribution in [0.2, 0.25) is 10.0 Å². The summed E-state index contributed by atoms with van der Waals surface area (Å²) in [7, 11) is 0. The fourth-order valence-corrected chi connectivity index (χ4v) is 3.52. The number of ether oxygens (including phenoxy) is 1. The van der Waals surface area contributed by atoms with Gasteiger partial charge in [-0.1, -0.05) is 41.4 Å². The smallest absolute Gasteiger partial charge is 0.174 e. The molecule has 4 rings (SSSR count). The zero-order chi connectivity index (χ0) is 16.7. The van der Waals surface area contributed by atoms with Crippen molar-refractivity contribution in [1.29, 1.82) is 5.26 Å². The van der Waals surface area contributed by atoms with Crippen LogP contribution < -0.4 is 0 Å². The highest BCUT2D eigenvalue weighted by atomic mass is 35.5. The van der Waals surface area contributed by atoms with Gasteiger partial charge in [0.05, 0.1) is 18.0 Å². The zero-order valence-corrected chi connectivity index (χ0v) is 13.9. The summed E-state index contributed by atoms with van der Waals surface area (Å²) in [5.74, 6) is 0. The van der Waals surface area contributed by atoms with Crippen molar-refractivity contribution in [1.82, 2.24) is 9.55 Å². The van der Waals surface area contributed by atoms with Crippen LogP contribution in [0.25, 0.3) is 0 Å². The number of nitriles is 1. The van der Waals surface area contributed by atoms with Gasteiger partial charge < -0.3 is 9.30 Å². The van der Waals surface area contributed by atoms with Crippen LogP contribution in [0.3, 0.4) is 0 Å². The van der Waals surface area contributed by atoms with Gasteiger partial charge >= 0.3 is 0 Å². The average Bonchev–Trinajstić information content (AvgIpc) is 3.09. The molecule has 1 aliphatic rings. The van der Waals surface area contributed by atoms with Crippen molar-refractivity contribution in [3.05, 3.63) is 87.9 Å². The van der Waals surface area contributed by atoms with E-state index in [1.165, 1.54) is 0 Å². The number of rotatable bonds is 3. The summed E-state index contributed by atoms with van der Waals surface area (Å²) in [6.45, 7) is 0. The van der Waals surface area contributed by atoms with Crippen LogP contribution in [0.4, 0.5) is 0 Å². The Morgan fingerprint density at radius 3 is 2.58 bits per heavy atom. The highest BCUT2D eigenvalue weighted by Crippen LogP contribution is 2.60. The summed E-state index contributed by atoms with van der Waals surface area (Å²) in [5.41, 5.74) is 1.62. The number of nitrogens with zero attached hydrogens (tertiary/aromatic N) is 3. The van der Waals surface area contributed by atoms with Gasteiger partial charge in [-0.3, -0.25) is 0 Å². The molecule has 2 unspecified atom stereocenters. The summed E-state index contributed by atoms with van der Waals surface area (Å²) >= 11 is 12.5. The van der Waals surface area contributed by atoms with Gasteiger partial charge in [-0.15, -0.1) is 0 Å². The maximum Gasteiger partial charge on any atom is 0.174 e. The van der Waals surface area contributed by atoms with E-state index in [-0.39, 0.29) is 6.23 Å². The first-order chi connectivity index (χ1) is 11.6. The van der Waals surface area contributed by atoms with E-state index in [4.69, 9.17) is 33.2 Å². The average molecular weight is 356 g/mol. The molecular formula is C18H11Cl2N3O. The summed E-state index contributed by atoms with van der Waals surface area (Å²) in [4.78, 5) is 4.09. The zero-order valence-electron chi connectivity index (χ0n) is 12.4. The lowest BCUT2D eigenvalue weighted by molar-refractivity contribution is 0.304. The fraction of sp³-hybridized carbons (Fsp3) is 0.111. The molecule has 2 atom stereocenters. The number of epoxide rings is 1. The van der Waals surface area contributed by atoms with Crippen LogP contribution in [0.5, 0.6) is 0 Å². The number of hydrogen-bond donors (Lipinski definition) is 0. The number of halogens is 2. The second kappa shape index (κ2) is 5.64. The summed E-state index contributed by atoms with van der Waals surface area (Å²) in [6, 6.07) is 14.8. The third kappa shape index (κ3) is 2.30.